The van der Waals surface area contributed by atoms with E-state index in [0.717, 1.165) is 24.9 Å². The summed E-state index contributed by atoms with van der Waals surface area (Å²) in [4.78, 5) is 2.79. The fourth-order valence-electron chi connectivity index (χ4n) is 4.51. The fourth-order valence-corrected chi connectivity index (χ4v) is 4.51. The van der Waals surface area contributed by atoms with Gasteiger partial charge in [0.05, 0.1) is 0 Å². The van der Waals surface area contributed by atoms with Crippen molar-refractivity contribution in [3.63, 3.8) is 0 Å². The average Bonchev–Trinajstić information content (AvgIpc) is 2.56. The van der Waals surface area contributed by atoms with Crippen molar-refractivity contribution in [1.82, 2.24) is 4.90 Å². The minimum absolute atomic E-state index is 0.580. The van der Waals surface area contributed by atoms with E-state index >= 15 is 0 Å². The van der Waals surface area contributed by atoms with Gasteiger partial charge in [-0.3, -0.25) is 4.90 Å². The molecule has 1 saturated heterocycles. The fraction of sp³-hybridized carbons (Fsp3) is 0.684. The van der Waals surface area contributed by atoms with Crippen LogP contribution in [0, 0.1) is 5.92 Å². The summed E-state index contributed by atoms with van der Waals surface area (Å²) in [6, 6.07) is 12.3. The molecule has 116 valence electrons. The highest BCUT2D eigenvalue weighted by Gasteiger charge is 2.35. The molecule has 3 atom stereocenters. The van der Waals surface area contributed by atoms with Crippen molar-refractivity contribution in [3.8, 4) is 0 Å². The smallest absolute Gasteiger partial charge is 0.0224 e. The highest BCUT2D eigenvalue weighted by atomic mass is 15.2. The number of fused-ring (bicyclic) bond motifs is 1. The molecule has 0 radical (unpaired) electrons. The van der Waals surface area contributed by atoms with E-state index in [1.165, 1.54) is 57.1 Å². The van der Waals surface area contributed by atoms with Gasteiger partial charge in [0.25, 0.3) is 0 Å². The lowest BCUT2D eigenvalue weighted by molar-refractivity contribution is 0.0256. The molecule has 1 aromatic rings. The van der Waals surface area contributed by atoms with E-state index in [0.29, 0.717) is 6.04 Å². The highest BCUT2D eigenvalue weighted by Crippen LogP contribution is 2.36. The van der Waals surface area contributed by atoms with Gasteiger partial charge in [0, 0.05) is 18.6 Å². The molecular weight excluding hydrogens is 256 g/mol. The first-order chi connectivity index (χ1) is 10.4. The SMILES string of the molecule is NCC(CCc1ccccc1)N1CCC[C@H]2CCCC[C@H]21. The molecule has 1 heterocycles. The molecule has 2 nitrogen and oxygen atoms in total. The van der Waals surface area contributed by atoms with Crippen molar-refractivity contribution in [2.75, 3.05) is 13.1 Å². The Morgan fingerprint density at radius 1 is 1.05 bits per heavy atom. The second kappa shape index (κ2) is 7.42. The van der Waals surface area contributed by atoms with Crippen LogP contribution >= 0.6 is 0 Å². The molecular formula is C19H30N2. The van der Waals surface area contributed by atoms with Crippen molar-refractivity contribution < 1.29 is 0 Å². The molecule has 2 fully saturated rings. The van der Waals surface area contributed by atoms with E-state index < -0.39 is 0 Å². The summed E-state index contributed by atoms with van der Waals surface area (Å²) in [5, 5.41) is 0. The van der Waals surface area contributed by atoms with E-state index in [9.17, 15) is 0 Å². The van der Waals surface area contributed by atoms with Crippen LogP contribution < -0.4 is 5.73 Å². The van der Waals surface area contributed by atoms with Crippen molar-refractivity contribution in [2.45, 2.75) is 63.5 Å². The molecule has 2 N–H and O–H groups in total. The van der Waals surface area contributed by atoms with E-state index in [1.54, 1.807) is 0 Å². The van der Waals surface area contributed by atoms with Crippen molar-refractivity contribution in [1.29, 1.82) is 0 Å². The molecule has 0 aromatic heterocycles. The van der Waals surface area contributed by atoms with Gasteiger partial charge in [-0.1, -0.05) is 43.2 Å². The summed E-state index contributed by atoms with van der Waals surface area (Å²) in [5.41, 5.74) is 7.60. The van der Waals surface area contributed by atoms with E-state index in [-0.39, 0.29) is 0 Å². The topological polar surface area (TPSA) is 29.3 Å². The molecule has 3 rings (SSSR count). The van der Waals surface area contributed by atoms with Gasteiger partial charge in [0.2, 0.25) is 0 Å². The van der Waals surface area contributed by atoms with Crippen molar-refractivity contribution >= 4 is 0 Å². The van der Waals surface area contributed by atoms with Gasteiger partial charge in [0.1, 0.15) is 0 Å². The summed E-state index contributed by atoms with van der Waals surface area (Å²) in [6.45, 7) is 2.09. The van der Waals surface area contributed by atoms with E-state index in [1.807, 2.05) is 0 Å². The van der Waals surface area contributed by atoms with Crippen LogP contribution in [0.25, 0.3) is 0 Å². The molecule has 0 bridgehead atoms. The first kappa shape index (κ1) is 15.1. The van der Waals surface area contributed by atoms with Gasteiger partial charge in [-0.2, -0.15) is 0 Å². The highest BCUT2D eigenvalue weighted by molar-refractivity contribution is 5.14. The zero-order valence-corrected chi connectivity index (χ0v) is 13.2. The van der Waals surface area contributed by atoms with E-state index in [4.69, 9.17) is 5.73 Å². The number of likely N-dealkylation sites (tertiary alicyclic amines) is 1. The quantitative estimate of drug-likeness (QED) is 0.896. The number of hydrogen-bond donors (Lipinski definition) is 1. The van der Waals surface area contributed by atoms with Gasteiger partial charge < -0.3 is 5.73 Å². The lowest BCUT2D eigenvalue weighted by atomic mass is 9.77. The molecule has 0 spiro atoms. The number of benzene rings is 1. The number of piperidine rings is 1. The molecule has 1 unspecified atom stereocenters. The van der Waals surface area contributed by atoms with Gasteiger partial charge >= 0.3 is 0 Å². The lowest BCUT2D eigenvalue weighted by Gasteiger charge is -2.47. The maximum Gasteiger partial charge on any atom is 0.0224 e. The Kier molecular flexibility index (Phi) is 5.32. The standard InChI is InChI=1S/C19H30N2/c20-15-18(13-12-16-7-2-1-3-8-16)21-14-6-10-17-9-4-5-11-19(17)21/h1-3,7-8,17-19H,4-6,9-15,20H2/t17-,18?,19-/m1/s1. The number of nitrogens with two attached hydrogens (primary N) is 1. The Balaban J connectivity index is 1.61. The molecule has 0 amide bonds. The van der Waals surface area contributed by atoms with Crippen molar-refractivity contribution in [3.05, 3.63) is 35.9 Å². The van der Waals surface area contributed by atoms with Crippen LogP contribution in [0.4, 0.5) is 0 Å². The zero-order chi connectivity index (χ0) is 14.5. The normalized spacial score (nSPS) is 28.0. The Labute approximate surface area is 129 Å². The molecule has 1 aliphatic heterocycles. The average molecular weight is 286 g/mol. The van der Waals surface area contributed by atoms with Crippen LogP contribution in [0.1, 0.15) is 50.5 Å². The lowest BCUT2D eigenvalue weighted by Crippen LogP contribution is -2.53. The summed E-state index contributed by atoms with van der Waals surface area (Å²) in [5.74, 6) is 0.957. The monoisotopic (exact) mass is 286 g/mol. The number of aryl methyl sites for hydroxylation is 1. The van der Waals surface area contributed by atoms with Crippen LogP contribution in [0.5, 0.6) is 0 Å². The first-order valence-corrected chi connectivity index (χ1v) is 8.88. The summed E-state index contributed by atoms with van der Waals surface area (Å²) in [6.07, 6.45) is 10.9. The van der Waals surface area contributed by atoms with Gasteiger partial charge in [-0.15, -0.1) is 0 Å². The largest absolute Gasteiger partial charge is 0.329 e. The summed E-state index contributed by atoms with van der Waals surface area (Å²) in [7, 11) is 0. The predicted octanol–water partition coefficient (Wildman–Crippen LogP) is 3.60. The first-order valence-electron chi connectivity index (χ1n) is 8.88. The zero-order valence-electron chi connectivity index (χ0n) is 13.2. The maximum atomic E-state index is 6.15. The second-order valence-electron chi connectivity index (χ2n) is 6.91. The molecule has 1 aromatic carbocycles. The Morgan fingerprint density at radius 3 is 2.62 bits per heavy atom. The molecule has 2 heteroatoms. The minimum Gasteiger partial charge on any atom is -0.329 e. The number of nitrogens with zero attached hydrogens (tertiary/aromatic N) is 1. The predicted molar refractivity (Wildman–Crippen MR) is 89.3 cm³/mol. The van der Waals surface area contributed by atoms with Crippen LogP contribution in [-0.4, -0.2) is 30.1 Å². The summed E-state index contributed by atoms with van der Waals surface area (Å²) >= 11 is 0. The Bertz CT molecular complexity index is 415. The van der Waals surface area contributed by atoms with Crippen molar-refractivity contribution in [2.24, 2.45) is 11.7 Å². The molecule has 2 aliphatic rings. The maximum absolute atomic E-state index is 6.15. The third-order valence-electron chi connectivity index (χ3n) is 5.64. The molecule has 21 heavy (non-hydrogen) atoms. The van der Waals surface area contributed by atoms with E-state index in [2.05, 4.69) is 35.2 Å². The second-order valence-corrected chi connectivity index (χ2v) is 6.91. The van der Waals surface area contributed by atoms with Gasteiger partial charge in [0.15, 0.2) is 0 Å². The van der Waals surface area contributed by atoms with Gasteiger partial charge in [-0.25, -0.2) is 0 Å². The third kappa shape index (κ3) is 3.67. The molecule has 1 saturated carbocycles. The minimum atomic E-state index is 0.580. The van der Waals surface area contributed by atoms with Crippen LogP contribution in [0.2, 0.25) is 0 Å². The van der Waals surface area contributed by atoms with Crippen LogP contribution in [0.15, 0.2) is 30.3 Å². The third-order valence-corrected chi connectivity index (χ3v) is 5.64. The summed E-state index contributed by atoms with van der Waals surface area (Å²) < 4.78 is 0. The van der Waals surface area contributed by atoms with Crippen LogP contribution in [-0.2, 0) is 6.42 Å². The molecule has 1 aliphatic carbocycles. The van der Waals surface area contributed by atoms with Gasteiger partial charge in [-0.05, 0) is 56.6 Å². The van der Waals surface area contributed by atoms with Crippen LogP contribution in [0.3, 0.4) is 0 Å². The Morgan fingerprint density at radius 2 is 1.81 bits per heavy atom. The number of hydrogen-bond acceptors (Lipinski definition) is 2. The Hall–Kier alpha value is -0.860. The number of rotatable bonds is 5.